The van der Waals surface area contributed by atoms with Crippen LogP contribution in [0.5, 0.6) is 11.5 Å². The fraction of sp³-hybridized carbons (Fsp3) is 0.500. The third kappa shape index (κ3) is 2.29. The van der Waals surface area contributed by atoms with Gasteiger partial charge < -0.3 is 14.6 Å². The van der Waals surface area contributed by atoms with Crippen LogP contribution >= 0.6 is 0 Å². The number of benzene rings is 2. The van der Waals surface area contributed by atoms with E-state index in [0.717, 1.165) is 50.5 Å². The van der Waals surface area contributed by atoms with E-state index in [1.807, 2.05) is 12.1 Å². The van der Waals surface area contributed by atoms with Gasteiger partial charge >= 0.3 is 0 Å². The first kappa shape index (κ1) is 18.4. The molecule has 2 saturated carbocycles. The summed E-state index contributed by atoms with van der Waals surface area (Å²) in [6.07, 6.45) is 6.81. The van der Waals surface area contributed by atoms with Gasteiger partial charge in [-0.3, -0.25) is 4.79 Å². The van der Waals surface area contributed by atoms with Gasteiger partial charge in [-0.15, -0.1) is 0 Å². The quantitative estimate of drug-likeness (QED) is 0.746. The molecule has 0 saturated heterocycles. The second-order valence-electron chi connectivity index (χ2n) is 9.50. The summed E-state index contributed by atoms with van der Waals surface area (Å²) in [5.74, 6) is 1.28. The van der Waals surface area contributed by atoms with Crippen LogP contribution in [0.1, 0.15) is 55.2 Å². The van der Waals surface area contributed by atoms with E-state index < -0.39 is 11.5 Å². The molecule has 0 aromatic heterocycles. The number of ketones is 1. The topological polar surface area (TPSA) is 55.8 Å². The van der Waals surface area contributed by atoms with E-state index >= 15 is 0 Å². The largest absolute Gasteiger partial charge is 0.504 e. The highest BCUT2D eigenvalue weighted by Crippen LogP contribution is 2.68. The van der Waals surface area contributed by atoms with E-state index in [9.17, 15) is 9.90 Å². The van der Waals surface area contributed by atoms with Crippen LogP contribution in [0.3, 0.4) is 0 Å². The van der Waals surface area contributed by atoms with Crippen molar-refractivity contribution in [1.82, 2.24) is 0 Å². The molecule has 4 atom stereocenters. The summed E-state index contributed by atoms with van der Waals surface area (Å²) in [4.78, 5) is 13.0. The summed E-state index contributed by atoms with van der Waals surface area (Å²) in [5, 5.41) is 10.5. The molecule has 156 valence electrons. The minimum atomic E-state index is -0.509. The highest BCUT2D eigenvalue weighted by Gasteiger charge is 2.72. The summed E-state index contributed by atoms with van der Waals surface area (Å²) in [7, 11) is 0. The molecule has 1 spiro atoms. The summed E-state index contributed by atoms with van der Waals surface area (Å²) in [6, 6.07) is 14.3. The highest BCUT2D eigenvalue weighted by atomic mass is 16.5. The molecule has 2 aromatic carbocycles. The maximum Gasteiger partial charge on any atom is 0.174 e. The Balaban J connectivity index is 1.37. The molecule has 3 aliphatic carbocycles. The van der Waals surface area contributed by atoms with E-state index in [1.54, 1.807) is 6.07 Å². The van der Waals surface area contributed by atoms with Crippen molar-refractivity contribution >= 4 is 5.78 Å². The van der Waals surface area contributed by atoms with Crippen LogP contribution in [0.4, 0.5) is 0 Å². The molecule has 1 aliphatic heterocycles. The Hall–Kier alpha value is -2.33. The van der Waals surface area contributed by atoms with Gasteiger partial charge in [-0.25, -0.2) is 0 Å². The van der Waals surface area contributed by atoms with Crippen LogP contribution in [-0.2, 0) is 27.8 Å². The number of Topliss-reactive ketones (excluding diaryl/α,β-unsaturated/α-hetero) is 1. The van der Waals surface area contributed by atoms with E-state index in [-0.39, 0.29) is 17.1 Å². The number of aromatic hydroxyl groups is 1. The third-order valence-corrected chi connectivity index (χ3v) is 8.20. The zero-order valence-corrected chi connectivity index (χ0v) is 17.2. The number of aryl methyl sites for hydroxylation is 1. The van der Waals surface area contributed by atoms with Crippen molar-refractivity contribution in [1.29, 1.82) is 0 Å². The molecule has 2 aromatic rings. The summed E-state index contributed by atoms with van der Waals surface area (Å²) in [5.41, 5.74) is 2.87. The normalized spacial score (nSPS) is 33.1. The number of carbonyl (C=O) groups excluding carboxylic acids is 1. The van der Waals surface area contributed by atoms with E-state index in [2.05, 4.69) is 24.3 Å². The van der Waals surface area contributed by atoms with Gasteiger partial charge in [-0.2, -0.15) is 0 Å². The molecule has 30 heavy (non-hydrogen) atoms. The molecule has 1 N–H and O–H groups in total. The van der Waals surface area contributed by atoms with Crippen molar-refractivity contribution in [3.63, 3.8) is 0 Å². The molecule has 4 aliphatic rings. The Morgan fingerprint density at radius 2 is 2.00 bits per heavy atom. The second-order valence-corrected chi connectivity index (χ2v) is 9.50. The number of phenolic OH excluding ortho intramolecular Hbond substituents is 1. The van der Waals surface area contributed by atoms with Crippen LogP contribution in [0.15, 0.2) is 42.5 Å². The Morgan fingerprint density at radius 1 is 1.13 bits per heavy atom. The molecule has 4 nitrogen and oxygen atoms in total. The van der Waals surface area contributed by atoms with Crippen molar-refractivity contribution < 1.29 is 19.4 Å². The third-order valence-electron chi connectivity index (χ3n) is 8.20. The van der Waals surface area contributed by atoms with Gasteiger partial charge in [-0.1, -0.05) is 42.8 Å². The Kier molecular flexibility index (Phi) is 4.05. The zero-order valence-electron chi connectivity index (χ0n) is 17.2. The Labute approximate surface area is 177 Å². The lowest BCUT2D eigenvalue weighted by molar-refractivity contribution is -0.202. The first-order valence-electron chi connectivity index (χ1n) is 11.4. The summed E-state index contributed by atoms with van der Waals surface area (Å²) in [6.45, 7) is 0.692. The fourth-order valence-electron chi connectivity index (χ4n) is 7.10. The number of hydrogen-bond donors (Lipinski definition) is 1. The van der Waals surface area contributed by atoms with Crippen LogP contribution in [0, 0.1) is 5.92 Å². The number of ether oxygens (including phenoxy) is 2. The number of hydrogen-bond acceptors (Lipinski definition) is 4. The monoisotopic (exact) mass is 404 g/mol. The number of phenols is 1. The van der Waals surface area contributed by atoms with Gasteiger partial charge in [0.15, 0.2) is 23.4 Å². The van der Waals surface area contributed by atoms with Gasteiger partial charge in [0.2, 0.25) is 0 Å². The molecular weight excluding hydrogens is 376 g/mol. The lowest BCUT2D eigenvalue weighted by atomic mass is 9.45. The molecule has 1 heterocycles. The SMILES string of the molecule is O=C1CC[C@@]2(OCCCc3ccccc3)[C@@H]3CCC[C@@]24c2c(ccc(O)c2O[C@@H]14)C3. The van der Waals surface area contributed by atoms with Gasteiger partial charge in [0.05, 0.1) is 11.0 Å². The minimum Gasteiger partial charge on any atom is -0.504 e. The fourth-order valence-corrected chi connectivity index (χ4v) is 7.10. The van der Waals surface area contributed by atoms with Crippen molar-refractivity contribution in [2.24, 2.45) is 5.92 Å². The molecule has 2 bridgehead atoms. The Bertz CT molecular complexity index is 1000. The molecule has 0 radical (unpaired) electrons. The van der Waals surface area contributed by atoms with E-state index in [0.29, 0.717) is 24.7 Å². The van der Waals surface area contributed by atoms with Gasteiger partial charge in [-0.05, 0) is 61.6 Å². The average molecular weight is 405 g/mol. The number of carbonyl (C=O) groups is 1. The average Bonchev–Trinajstić information content (AvgIpc) is 3.11. The van der Waals surface area contributed by atoms with Gasteiger partial charge in [0.25, 0.3) is 0 Å². The van der Waals surface area contributed by atoms with Gasteiger partial charge in [0.1, 0.15) is 0 Å². The maximum atomic E-state index is 13.0. The van der Waals surface area contributed by atoms with Crippen LogP contribution in [0.2, 0.25) is 0 Å². The Morgan fingerprint density at radius 3 is 2.87 bits per heavy atom. The molecule has 4 heteroatoms. The van der Waals surface area contributed by atoms with Crippen molar-refractivity contribution in [2.75, 3.05) is 6.61 Å². The summed E-state index contributed by atoms with van der Waals surface area (Å²) < 4.78 is 13.1. The van der Waals surface area contributed by atoms with Crippen molar-refractivity contribution in [3.8, 4) is 11.5 Å². The predicted molar refractivity (Wildman–Crippen MR) is 113 cm³/mol. The molecule has 0 amide bonds. The smallest absolute Gasteiger partial charge is 0.174 e. The van der Waals surface area contributed by atoms with Crippen LogP contribution in [0.25, 0.3) is 0 Å². The number of rotatable bonds is 5. The lowest BCUT2D eigenvalue weighted by Crippen LogP contribution is -2.70. The summed E-state index contributed by atoms with van der Waals surface area (Å²) >= 11 is 0. The van der Waals surface area contributed by atoms with Crippen molar-refractivity contribution in [2.45, 2.75) is 68.5 Å². The zero-order chi connectivity index (χ0) is 20.3. The minimum absolute atomic E-state index is 0.160. The molecule has 0 unspecified atom stereocenters. The highest BCUT2D eigenvalue weighted by molar-refractivity contribution is 5.90. The molecule has 2 fully saturated rings. The van der Waals surface area contributed by atoms with Crippen LogP contribution < -0.4 is 4.74 Å². The van der Waals surface area contributed by atoms with E-state index in [4.69, 9.17) is 9.47 Å². The van der Waals surface area contributed by atoms with Gasteiger partial charge in [0, 0.05) is 18.6 Å². The van der Waals surface area contributed by atoms with Crippen molar-refractivity contribution in [3.05, 3.63) is 59.2 Å². The molecule has 6 rings (SSSR count). The standard InChI is InChI=1S/C26H28O4/c27-20-11-10-18-16-19-9-4-13-25-22(18)23(20)30-24(25)21(28)12-14-26(19,25)29-15-5-8-17-6-2-1-3-7-17/h1-3,6-7,10-11,19,24,27H,4-5,8-9,12-16H2/t19-,24+,25+,26-/m1/s1. The lowest BCUT2D eigenvalue weighted by Gasteiger charge is -2.61. The first-order valence-corrected chi connectivity index (χ1v) is 11.4. The van der Waals surface area contributed by atoms with Crippen LogP contribution in [-0.4, -0.2) is 29.2 Å². The predicted octanol–water partition coefficient (Wildman–Crippen LogP) is 4.50. The molecular formula is C26H28O4. The second kappa shape index (κ2) is 6.58. The van der Waals surface area contributed by atoms with E-state index in [1.165, 1.54) is 11.1 Å². The first-order chi connectivity index (χ1) is 14.7. The maximum absolute atomic E-state index is 13.0.